The van der Waals surface area contributed by atoms with E-state index in [1.165, 1.54) is 0 Å². The molecule has 4 nitrogen and oxygen atoms in total. The third-order valence-electron chi connectivity index (χ3n) is 2.98. The molecule has 5 heteroatoms. The molecule has 0 unspecified atom stereocenters. The summed E-state index contributed by atoms with van der Waals surface area (Å²) in [5.41, 5.74) is 8.07. The van der Waals surface area contributed by atoms with Crippen LogP contribution in [0.5, 0.6) is 0 Å². The van der Waals surface area contributed by atoms with E-state index in [4.69, 9.17) is 18.0 Å². The maximum Gasteiger partial charge on any atom is 0.122 e. The Labute approximate surface area is 121 Å². The highest BCUT2D eigenvalue weighted by Crippen LogP contribution is 2.25. The van der Waals surface area contributed by atoms with Crippen molar-refractivity contribution in [1.29, 1.82) is 0 Å². The zero-order valence-electron chi connectivity index (χ0n) is 10.6. The summed E-state index contributed by atoms with van der Waals surface area (Å²) in [7, 11) is 0. The number of nitrogens with one attached hydrogen (secondary N) is 1. The van der Waals surface area contributed by atoms with Crippen molar-refractivity contribution in [1.82, 2.24) is 9.97 Å². The summed E-state index contributed by atoms with van der Waals surface area (Å²) in [6.45, 7) is 0. The third-order valence-corrected chi connectivity index (χ3v) is 3.18. The molecule has 0 aliphatic rings. The van der Waals surface area contributed by atoms with Crippen LogP contribution in [-0.4, -0.2) is 15.0 Å². The van der Waals surface area contributed by atoms with Crippen molar-refractivity contribution in [3.63, 3.8) is 0 Å². The van der Waals surface area contributed by atoms with Crippen molar-refractivity contribution in [3.05, 3.63) is 60.7 Å². The van der Waals surface area contributed by atoms with Gasteiger partial charge in [-0.2, -0.15) is 0 Å². The molecule has 3 rings (SSSR count). The molecule has 0 saturated heterocycles. The highest BCUT2D eigenvalue weighted by Gasteiger charge is 2.03. The molecule has 0 amide bonds. The number of fused-ring (bicyclic) bond motifs is 1. The monoisotopic (exact) mass is 280 g/mol. The second kappa shape index (κ2) is 5.22. The Kier molecular flexibility index (Phi) is 3.26. The summed E-state index contributed by atoms with van der Waals surface area (Å²) >= 11 is 4.94. The van der Waals surface area contributed by atoms with E-state index in [1.807, 2.05) is 36.5 Å². The molecule has 0 saturated carbocycles. The van der Waals surface area contributed by atoms with Crippen molar-refractivity contribution in [3.8, 4) is 0 Å². The highest BCUT2D eigenvalue weighted by molar-refractivity contribution is 7.80. The van der Waals surface area contributed by atoms with Crippen molar-refractivity contribution in [2.45, 2.75) is 0 Å². The lowest BCUT2D eigenvalue weighted by atomic mass is 10.1. The number of rotatable bonds is 3. The Morgan fingerprint density at radius 3 is 2.90 bits per heavy atom. The highest BCUT2D eigenvalue weighted by atomic mass is 32.1. The lowest BCUT2D eigenvalue weighted by Gasteiger charge is -2.10. The van der Waals surface area contributed by atoms with E-state index in [2.05, 4.69) is 21.4 Å². The van der Waals surface area contributed by atoms with Gasteiger partial charge >= 0.3 is 0 Å². The summed E-state index contributed by atoms with van der Waals surface area (Å²) in [6.07, 6.45) is 5.30. The number of benzene rings is 1. The SMILES string of the molecule is NC(=S)c1cc(Nc2cccc3ccncc23)ccn1. The van der Waals surface area contributed by atoms with Crippen LogP contribution in [0.2, 0.25) is 0 Å². The molecule has 0 atom stereocenters. The average molecular weight is 280 g/mol. The molecule has 3 aromatic rings. The minimum Gasteiger partial charge on any atom is -0.388 e. The number of thiocarbonyl (C=S) groups is 1. The molecule has 0 spiro atoms. The fourth-order valence-electron chi connectivity index (χ4n) is 2.02. The van der Waals surface area contributed by atoms with E-state index >= 15 is 0 Å². The minimum absolute atomic E-state index is 0.285. The quantitative estimate of drug-likeness (QED) is 0.722. The minimum atomic E-state index is 0.285. The van der Waals surface area contributed by atoms with Gasteiger partial charge in [-0.05, 0) is 29.7 Å². The van der Waals surface area contributed by atoms with E-state index < -0.39 is 0 Å². The first-order chi connectivity index (χ1) is 9.74. The predicted octanol–water partition coefficient (Wildman–Crippen LogP) is 3.01. The molecule has 1 aromatic carbocycles. The Balaban J connectivity index is 2.01. The summed E-state index contributed by atoms with van der Waals surface area (Å²) in [4.78, 5) is 8.58. The lowest BCUT2D eigenvalue weighted by Crippen LogP contribution is -2.11. The van der Waals surface area contributed by atoms with E-state index in [0.717, 1.165) is 22.1 Å². The van der Waals surface area contributed by atoms with Crippen LogP contribution in [0, 0.1) is 0 Å². The van der Waals surface area contributed by atoms with E-state index in [1.54, 1.807) is 12.4 Å². The zero-order valence-corrected chi connectivity index (χ0v) is 11.4. The summed E-state index contributed by atoms with van der Waals surface area (Å²) < 4.78 is 0. The number of anilines is 2. The molecule has 0 bridgehead atoms. The maximum absolute atomic E-state index is 5.60. The standard InChI is InChI=1S/C15H12N4S/c16-15(20)14-8-11(5-7-18-14)19-13-3-1-2-10-4-6-17-9-12(10)13/h1-9H,(H2,16,20)(H,18,19). The first-order valence-corrected chi connectivity index (χ1v) is 6.50. The number of aromatic nitrogens is 2. The van der Waals surface area contributed by atoms with Gasteiger partial charge in [-0.3, -0.25) is 9.97 Å². The van der Waals surface area contributed by atoms with Gasteiger partial charge in [-0.1, -0.05) is 24.4 Å². The van der Waals surface area contributed by atoms with Crippen molar-refractivity contribution >= 4 is 39.4 Å². The Bertz CT molecular complexity index is 780. The number of hydrogen-bond acceptors (Lipinski definition) is 4. The van der Waals surface area contributed by atoms with Gasteiger partial charge in [0.25, 0.3) is 0 Å². The first kappa shape index (κ1) is 12.5. The maximum atomic E-state index is 5.60. The van der Waals surface area contributed by atoms with Crippen LogP contribution >= 0.6 is 12.2 Å². The van der Waals surface area contributed by atoms with Gasteiger partial charge in [0.05, 0.1) is 5.69 Å². The molecule has 2 heterocycles. The number of pyridine rings is 2. The summed E-state index contributed by atoms with van der Waals surface area (Å²) in [5, 5.41) is 5.54. The van der Waals surface area contributed by atoms with Crippen LogP contribution in [0.15, 0.2) is 55.0 Å². The molecule has 0 radical (unpaired) electrons. The average Bonchev–Trinajstić information content (AvgIpc) is 2.48. The molecule has 0 aliphatic heterocycles. The Hall–Kier alpha value is -2.53. The van der Waals surface area contributed by atoms with Crippen LogP contribution < -0.4 is 11.1 Å². The van der Waals surface area contributed by atoms with Gasteiger partial charge in [-0.15, -0.1) is 0 Å². The molecule has 20 heavy (non-hydrogen) atoms. The summed E-state index contributed by atoms with van der Waals surface area (Å²) in [6, 6.07) is 11.7. The Morgan fingerprint density at radius 2 is 2.05 bits per heavy atom. The van der Waals surface area contributed by atoms with Crippen LogP contribution in [0.3, 0.4) is 0 Å². The predicted molar refractivity (Wildman–Crippen MR) is 85.2 cm³/mol. The fourth-order valence-corrected chi connectivity index (χ4v) is 2.13. The number of nitrogens with two attached hydrogens (primary N) is 1. The van der Waals surface area contributed by atoms with Gasteiger partial charge in [0, 0.05) is 35.4 Å². The number of hydrogen-bond donors (Lipinski definition) is 2. The molecule has 0 fully saturated rings. The molecular weight excluding hydrogens is 268 g/mol. The van der Waals surface area contributed by atoms with Gasteiger partial charge < -0.3 is 11.1 Å². The van der Waals surface area contributed by atoms with Crippen LogP contribution in [-0.2, 0) is 0 Å². The second-order valence-corrected chi connectivity index (χ2v) is 4.76. The normalized spacial score (nSPS) is 10.4. The van der Waals surface area contributed by atoms with Crippen LogP contribution in [0.4, 0.5) is 11.4 Å². The molecule has 3 N–H and O–H groups in total. The van der Waals surface area contributed by atoms with Crippen molar-refractivity contribution in [2.75, 3.05) is 5.32 Å². The number of nitrogens with zero attached hydrogens (tertiary/aromatic N) is 2. The van der Waals surface area contributed by atoms with E-state index in [9.17, 15) is 0 Å². The van der Waals surface area contributed by atoms with Crippen molar-refractivity contribution in [2.24, 2.45) is 5.73 Å². The topological polar surface area (TPSA) is 63.8 Å². The molecule has 0 aliphatic carbocycles. The Morgan fingerprint density at radius 1 is 1.15 bits per heavy atom. The van der Waals surface area contributed by atoms with E-state index in [-0.39, 0.29) is 4.99 Å². The fraction of sp³-hybridized carbons (Fsp3) is 0. The van der Waals surface area contributed by atoms with Gasteiger partial charge in [-0.25, -0.2) is 0 Å². The second-order valence-electron chi connectivity index (χ2n) is 4.32. The third kappa shape index (κ3) is 2.44. The lowest BCUT2D eigenvalue weighted by molar-refractivity contribution is 1.29. The smallest absolute Gasteiger partial charge is 0.122 e. The zero-order chi connectivity index (χ0) is 13.9. The van der Waals surface area contributed by atoms with Gasteiger partial charge in [0.15, 0.2) is 0 Å². The van der Waals surface area contributed by atoms with Crippen LogP contribution in [0.25, 0.3) is 10.8 Å². The first-order valence-electron chi connectivity index (χ1n) is 6.10. The van der Waals surface area contributed by atoms with E-state index in [0.29, 0.717) is 5.69 Å². The molecule has 2 aromatic heterocycles. The van der Waals surface area contributed by atoms with Gasteiger partial charge in [0.2, 0.25) is 0 Å². The van der Waals surface area contributed by atoms with Gasteiger partial charge in [0.1, 0.15) is 4.99 Å². The van der Waals surface area contributed by atoms with Crippen molar-refractivity contribution < 1.29 is 0 Å². The summed E-state index contributed by atoms with van der Waals surface area (Å²) in [5.74, 6) is 0. The molecular formula is C15H12N4S. The van der Waals surface area contributed by atoms with Crippen LogP contribution in [0.1, 0.15) is 5.69 Å². The largest absolute Gasteiger partial charge is 0.388 e. The molecule has 98 valence electrons.